The van der Waals surface area contributed by atoms with Gasteiger partial charge >= 0.3 is 5.97 Å². The molecule has 0 aromatic heterocycles. The van der Waals surface area contributed by atoms with Gasteiger partial charge in [0, 0.05) is 10.7 Å². The second kappa shape index (κ2) is 8.08. The summed E-state index contributed by atoms with van der Waals surface area (Å²) in [6.45, 7) is 0.934. The quantitative estimate of drug-likeness (QED) is 0.613. The van der Waals surface area contributed by atoms with Crippen LogP contribution in [0.2, 0.25) is 5.02 Å². The van der Waals surface area contributed by atoms with E-state index >= 15 is 0 Å². The maximum atomic E-state index is 12.5. The van der Waals surface area contributed by atoms with Crippen LogP contribution in [-0.2, 0) is 23.9 Å². The highest BCUT2D eigenvalue weighted by atomic mass is 35.5. The standard InChI is InChI=1S/C19H21ClN2O5/c1-11(22-17(24)14-7-2-3-8-15(14)18(22)25)19(26)27-10-16(23)21-13-6-4-5-12(20)9-13/h4-6,9,11,14-15H,2-3,7-8,10H2,1H3,(H,21,23)/t11-,14-,15-/m0/s1. The summed E-state index contributed by atoms with van der Waals surface area (Å²) in [5.74, 6) is -2.59. The Morgan fingerprint density at radius 1 is 1.22 bits per heavy atom. The number of likely N-dealkylation sites (tertiary alicyclic amines) is 1. The number of imide groups is 1. The SMILES string of the molecule is C[C@@H](C(=O)OCC(=O)Nc1cccc(Cl)c1)N1C(=O)[C@H]2CCCC[C@@H]2C1=O. The maximum Gasteiger partial charge on any atom is 0.329 e. The fraction of sp³-hybridized carbons (Fsp3) is 0.474. The summed E-state index contributed by atoms with van der Waals surface area (Å²) in [5.41, 5.74) is 0.477. The molecule has 2 aliphatic rings. The maximum absolute atomic E-state index is 12.5. The number of amides is 3. The van der Waals surface area contributed by atoms with Crippen LogP contribution in [-0.4, -0.2) is 41.2 Å². The second-order valence-corrected chi connectivity index (χ2v) is 7.32. The van der Waals surface area contributed by atoms with Crippen LogP contribution in [0.5, 0.6) is 0 Å². The Bertz CT molecular complexity index is 757. The molecular formula is C19H21ClN2O5. The van der Waals surface area contributed by atoms with E-state index in [9.17, 15) is 19.2 Å². The van der Waals surface area contributed by atoms with Gasteiger partial charge in [-0.05, 0) is 38.0 Å². The molecule has 1 aromatic carbocycles. The smallest absolute Gasteiger partial charge is 0.329 e. The average Bonchev–Trinajstić information content (AvgIpc) is 2.90. The van der Waals surface area contributed by atoms with E-state index in [1.165, 1.54) is 6.92 Å². The van der Waals surface area contributed by atoms with Crippen molar-refractivity contribution in [2.45, 2.75) is 38.6 Å². The lowest BCUT2D eigenvalue weighted by atomic mass is 9.81. The Kier molecular flexibility index (Phi) is 5.79. The molecule has 1 N–H and O–H groups in total. The van der Waals surface area contributed by atoms with Crippen molar-refractivity contribution in [2.24, 2.45) is 11.8 Å². The highest BCUT2D eigenvalue weighted by Gasteiger charge is 2.51. The molecule has 0 unspecified atom stereocenters. The van der Waals surface area contributed by atoms with Crippen molar-refractivity contribution in [3.63, 3.8) is 0 Å². The Hall–Kier alpha value is -2.41. The lowest BCUT2D eigenvalue weighted by Gasteiger charge is -2.21. The monoisotopic (exact) mass is 392 g/mol. The van der Waals surface area contributed by atoms with Crippen LogP contribution in [0.25, 0.3) is 0 Å². The molecule has 1 aromatic rings. The number of carbonyl (C=O) groups is 4. The lowest BCUT2D eigenvalue weighted by Crippen LogP contribution is -2.45. The van der Waals surface area contributed by atoms with Crippen LogP contribution in [0.1, 0.15) is 32.6 Å². The molecular weight excluding hydrogens is 372 g/mol. The molecule has 1 aliphatic heterocycles. The molecule has 2 fully saturated rings. The van der Waals surface area contributed by atoms with Crippen molar-refractivity contribution in [2.75, 3.05) is 11.9 Å². The van der Waals surface area contributed by atoms with E-state index in [1.807, 2.05) is 0 Å². The predicted octanol–water partition coefficient (Wildman–Crippen LogP) is 2.39. The van der Waals surface area contributed by atoms with E-state index in [4.69, 9.17) is 16.3 Å². The minimum Gasteiger partial charge on any atom is -0.454 e. The molecule has 0 radical (unpaired) electrons. The van der Waals surface area contributed by atoms with Gasteiger partial charge in [-0.15, -0.1) is 0 Å². The third-order valence-electron chi connectivity index (χ3n) is 5.06. The largest absolute Gasteiger partial charge is 0.454 e. The zero-order valence-corrected chi connectivity index (χ0v) is 15.7. The zero-order chi connectivity index (χ0) is 19.6. The molecule has 0 spiro atoms. The number of fused-ring (bicyclic) bond motifs is 1. The summed E-state index contributed by atoms with van der Waals surface area (Å²) in [7, 11) is 0. The number of hydrogen-bond donors (Lipinski definition) is 1. The van der Waals surface area contributed by atoms with Crippen LogP contribution in [0.3, 0.4) is 0 Å². The molecule has 0 bridgehead atoms. The number of carbonyl (C=O) groups excluding carboxylic acids is 4. The molecule has 1 aliphatic carbocycles. The molecule has 1 saturated heterocycles. The van der Waals surface area contributed by atoms with Gasteiger partial charge in [0.2, 0.25) is 11.8 Å². The number of esters is 1. The van der Waals surface area contributed by atoms with Crippen LogP contribution < -0.4 is 5.32 Å². The first kappa shape index (κ1) is 19.4. The highest BCUT2D eigenvalue weighted by molar-refractivity contribution is 6.30. The van der Waals surface area contributed by atoms with E-state index in [0.29, 0.717) is 23.6 Å². The topological polar surface area (TPSA) is 92.8 Å². The van der Waals surface area contributed by atoms with Crippen LogP contribution in [0.4, 0.5) is 5.69 Å². The number of nitrogens with zero attached hydrogens (tertiary/aromatic N) is 1. The van der Waals surface area contributed by atoms with Crippen molar-refractivity contribution in [1.82, 2.24) is 4.90 Å². The van der Waals surface area contributed by atoms with Gasteiger partial charge in [0.1, 0.15) is 6.04 Å². The summed E-state index contributed by atoms with van der Waals surface area (Å²) < 4.78 is 5.00. The van der Waals surface area contributed by atoms with E-state index < -0.39 is 24.5 Å². The summed E-state index contributed by atoms with van der Waals surface area (Å²) in [5, 5.41) is 3.02. The van der Waals surface area contributed by atoms with Gasteiger partial charge in [0.05, 0.1) is 11.8 Å². The number of halogens is 1. The third-order valence-corrected chi connectivity index (χ3v) is 5.29. The average molecular weight is 393 g/mol. The van der Waals surface area contributed by atoms with Crippen LogP contribution in [0, 0.1) is 11.8 Å². The van der Waals surface area contributed by atoms with E-state index in [1.54, 1.807) is 24.3 Å². The van der Waals surface area contributed by atoms with Crippen LogP contribution in [0.15, 0.2) is 24.3 Å². The molecule has 144 valence electrons. The molecule has 3 atom stereocenters. The summed E-state index contributed by atoms with van der Waals surface area (Å²) in [4.78, 5) is 50.2. The van der Waals surface area contributed by atoms with Crippen molar-refractivity contribution >= 4 is 41.0 Å². The Morgan fingerprint density at radius 3 is 2.44 bits per heavy atom. The summed E-state index contributed by atoms with van der Waals surface area (Å²) in [6, 6.07) is 5.51. The van der Waals surface area contributed by atoms with Crippen molar-refractivity contribution in [3.8, 4) is 0 Å². The Labute approximate surface area is 162 Å². The summed E-state index contributed by atoms with van der Waals surface area (Å²) in [6.07, 6.45) is 3.18. The van der Waals surface area contributed by atoms with Gasteiger partial charge in [0.25, 0.3) is 5.91 Å². The van der Waals surface area contributed by atoms with Crippen molar-refractivity contribution < 1.29 is 23.9 Å². The molecule has 27 heavy (non-hydrogen) atoms. The highest BCUT2D eigenvalue weighted by Crippen LogP contribution is 2.38. The van der Waals surface area contributed by atoms with Gasteiger partial charge in [-0.2, -0.15) is 0 Å². The molecule has 3 amide bonds. The fourth-order valence-corrected chi connectivity index (χ4v) is 3.89. The first-order valence-corrected chi connectivity index (χ1v) is 9.35. The number of hydrogen-bond acceptors (Lipinski definition) is 5. The number of ether oxygens (including phenoxy) is 1. The minimum absolute atomic E-state index is 0.308. The number of benzene rings is 1. The van der Waals surface area contributed by atoms with Crippen molar-refractivity contribution in [3.05, 3.63) is 29.3 Å². The third kappa shape index (κ3) is 4.13. The van der Waals surface area contributed by atoms with E-state index in [-0.39, 0.29) is 23.7 Å². The normalized spacial score (nSPS) is 23.0. The molecule has 8 heteroatoms. The van der Waals surface area contributed by atoms with Gasteiger partial charge in [-0.1, -0.05) is 30.5 Å². The first-order chi connectivity index (χ1) is 12.9. The molecule has 3 rings (SSSR count). The van der Waals surface area contributed by atoms with Gasteiger partial charge in [-0.3, -0.25) is 19.3 Å². The molecule has 1 heterocycles. The first-order valence-electron chi connectivity index (χ1n) is 8.97. The number of anilines is 1. The Balaban J connectivity index is 1.55. The summed E-state index contributed by atoms with van der Waals surface area (Å²) >= 11 is 5.84. The van der Waals surface area contributed by atoms with Crippen molar-refractivity contribution in [1.29, 1.82) is 0 Å². The molecule has 1 saturated carbocycles. The van der Waals surface area contributed by atoms with Gasteiger partial charge in [-0.25, -0.2) is 4.79 Å². The number of rotatable bonds is 5. The minimum atomic E-state index is -1.05. The molecule has 7 nitrogen and oxygen atoms in total. The van der Waals surface area contributed by atoms with Gasteiger partial charge in [0.15, 0.2) is 6.61 Å². The zero-order valence-electron chi connectivity index (χ0n) is 14.9. The second-order valence-electron chi connectivity index (χ2n) is 6.89. The van der Waals surface area contributed by atoms with Crippen LogP contribution >= 0.6 is 11.6 Å². The predicted molar refractivity (Wildman–Crippen MR) is 97.8 cm³/mol. The van der Waals surface area contributed by atoms with E-state index in [2.05, 4.69) is 5.32 Å². The Morgan fingerprint density at radius 2 is 1.85 bits per heavy atom. The fourth-order valence-electron chi connectivity index (χ4n) is 3.70. The lowest BCUT2D eigenvalue weighted by molar-refractivity contribution is -0.159. The van der Waals surface area contributed by atoms with Gasteiger partial charge < -0.3 is 10.1 Å². The van der Waals surface area contributed by atoms with E-state index in [0.717, 1.165) is 17.7 Å². The number of nitrogens with one attached hydrogen (secondary N) is 1.